The Hall–Kier alpha value is -0.830. The standard InChI is InChI=1S/C16H17BrClN/c1-12-4-2-3-5-14(12)8-9-19-11-13-6-7-16(18)15(17)10-13/h2-7,10,19H,8-9,11H2,1H3. The molecular formula is C16H17BrClN. The number of rotatable bonds is 5. The van der Waals surface area contributed by atoms with Crippen molar-refractivity contribution in [1.82, 2.24) is 5.32 Å². The smallest absolute Gasteiger partial charge is 0.0548 e. The van der Waals surface area contributed by atoms with Crippen LogP contribution in [0.2, 0.25) is 5.02 Å². The molecule has 2 aromatic rings. The highest BCUT2D eigenvalue weighted by atomic mass is 79.9. The molecule has 0 bridgehead atoms. The number of hydrogen-bond donors (Lipinski definition) is 1. The summed E-state index contributed by atoms with van der Waals surface area (Å²) in [5.41, 5.74) is 4.01. The summed E-state index contributed by atoms with van der Waals surface area (Å²) in [7, 11) is 0. The molecule has 0 aliphatic heterocycles. The summed E-state index contributed by atoms with van der Waals surface area (Å²) in [5.74, 6) is 0. The minimum absolute atomic E-state index is 0.753. The van der Waals surface area contributed by atoms with Gasteiger partial charge in [0.2, 0.25) is 0 Å². The van der Waals surface area contributed by atoms with Crippen molar-refractivity contribution in [2.45, 2.75) is 19.9 Å². The van der Waals surface area contributed by atoms with Crippen LogP contribution in [-0.4, -0.2) is 6.54 Å². The largest absolute Gasteiger partial charge is 0.312 e. The molecule has 0 unspecified atom stereocenters. The van der Waals surface area contributed by atoms with Crippen LogP contribution in [0.25, 0.3) is 0 Å². The first-order valence-corrected chi connectivity index (χ1v) is 7.53. The molecule has 0 amide bonds. The van der Waals surface area contributed by atoms with Crippen molar-refractivity contribution < 1.29 is 0 Å². The van der Waals surface area contributed by atoms with Crippen LogP contribution in [0.1, 0.15) is 16.7 Å². The fourth-order valence-corrected chi connectivity index (χ4v) is 2.54. The molecule has 2 aromatic carbocycles. The zero-order valence-corrected chi connectivity index (χ0v) is 13.3. The average molecular weight is 339 g/mol. The highest BCUT2D eigenvalue weighted by Crippen LogP contribution is 2.23. The van der Waals surface area contributed by atoms with Crippen molar-refractivity contribution in [2.75, 3.05) is 6.54 Å². The third-order valence-corrected chi connectivity index (χ3v) is 4.36. The number of nitrogens with one attached hydrogen (secondary N) is 1. The van der Waals surface area contributed by atoms with Gasteiger partial charge >= 0.3 is 0 Å². The van der Waals surface area contributed by atoms with Crippen molar-refractivity contribution >= 4 is 27.5 Å². The summed E-state index contributed by atoms with van der Waals surface area (Å²) in [5, 5.41) is 4.21. The maximum atomic E-state index is 5.97. The first kappa shape index (κ1) is 14.6. The van der Waals surface area contributed by atoms with E-state index in [1.807, 2.05) is 12.1 Å². The van der Waals surface area contributed by atoms with Crippen molar-refractivity contribution in [1.29, 1.82) is 0 Å². The topological polar surface area (TPSA) is 12.0 Å². The monoisotopic (exact) mass is 337 g/mol. The lowest BCUT2D eigenvalue weighted by Gasteiger charge is -2.08. The van der Waals surface area contributed by atoms with Crippen molar-refractivity contribution in [3.63, 3.8) is 0 Å². The maximum Gasteiger partial charge on any atom is 0.0548 e. The lowest BCUT2D eigenvalue weighted by atomic mass is 10.1. The molecule has 0 aliphatic carbocycles. The summed E-state index contributed by atoms with van der Waals surface area (Å²) >= 11 is 9.41. The summed E-state index contributed by atoms with van der Waals surface area (Å²) in [4.78, 5) is 0. The van der Waals surface area contributed by atoms with E-state index >= 15 is 0 Å². The molecule has 0 radical (unpaired) electrons. The van der Waals surface area contributed by atoms with Crippen LogP contribution >= 0.6 is 27.5 Å². The molecule has 1 nitrogen and oxygen atoms in total. The van der Waals surface area contributed by atoms with Crippen molar-refractivity contribution in [2.24, 2.45) is 0 Å². The van der Waals surface area contributed by atoms with E-state index in [1.54, 1.807) is 0 Å². The Bertz CT molecular complexity index is 554. The Kier molecular flexibility index (Phi) is 5.44. The quantitative estimate of drug-likeness (QED) is 0.776. The van der Waals surface area contributed by atoms with E-state index in [0.29, 0.717) is 0 Å². The minimum Gasteiger partial charge on any atom is -0.312 e. The third kappa shape index (κ3) is 4.34. The van der Waals surface area contributed by atoms with E-state index in [-0.39, 0.29) is 0 Å². The van der Waals surface area contributed by atoms with Gasteiger partial charge < -0.3 is 5.32 Å². The van der Waals surface area contributed by atoms with E-state index in [9.17, 15) is 0 Å². The molecule has 19 heavy (non-hydrogen) atoms. The van der Waals surface area contributed by atoms with Crippen LogP contribution < -0.4 is 5.32 Å². The molecule has 0 aromatic heterocycles. The predicted octanol–water partition coefficient (Wildman–Crippen LogP) is 4.74. The van der Waals surface area contributed by atoms with Gasteiger partial charge in [-0.25, -0.2) is 0 Å². The summed E-state index contributed by atoms with van der Waals surface area (Å²) in [6, 6.07) is 14.6. The molecule has 1 N–H and O–H groups in total. The van der Waals surface area contributed by atoms with E-state index in [0.717, 1.165) is 29.0 Å². The fraction of sp³-hybridized carbons (Fsp3) is 0.250. The lowest BCUT2D eigenvalue weighted by molar-refractivity contribution is 0.685. The lowest BCUT2D eigenvalue weighted by Crippen LogP contribution is -2.17. The number of aryl methyl sites for hydroxylation is 1. The Morgan fingerprint density at radius 2 is 1.95 bits per heavy atom. The van der Waals surface area contributed by atoms with Gasteiger partial charge in [-0.15, -0.1) is 0 Å². The van der Waals surface area contributed by atoms with Crippen LogP contribution in [0, 0.1) is 6.92 Å². The van der Waals surface area contributed by atoms with Crippen LogP contribution in [-0.2, 0) is 13.0 Å². The molecule has 0 saturated carbocycles. The van der Waals surface area contributed by atoms with Gasteiger partial charge in [0.05, 0.1) is 5.02 Å². The van der Waals surface area contributed by atoms with E-state index < -0.39 is 0 Å². The SMILES string of the molecule is Cc1ccccc1CCNCc1ccc(Cl)c(Br)c1. The van der Waals surface area contributed by atoms with Gasteiger partial charge in [-0.2, -0.15) is 0 Å². The van der Waals surface area contributed by atoms with Gasteiger partial charge in [0.15, 0.2) is 0 Å². The Morgan fingerprint density at radius 1 is 1.16 bits per heavy atom. The third-order valence-electron chi connectivity index (χ3n) is 3.15. The van der Waals surface area contributed by atoms with E-state index in [4.69, 9.17) is 11.6 Å². The average Bonchev–Trinajstić information content (AvgIpc) is 2.40. The zero-order chi connectivity index (χ0) is 13.7. The fourth-order valence-electron chi connectivity index (χ4n) is 2.00. The molecular weight excluding hydrogens is 322 g/mol. The highest BCUT2D eigenvalue weighted by Gasteiger charge is 2.00. The predicted molar refractivity (Wildman–Crippen MR) is 85.7 cm³/mol. The van der Waals surface area contributed by atoms with Gasteiger partial charge in [0.25, 0.3) is 0 Å². The van der Waals surface area contributed by atoms with Gasteiger partial charge in [-0.1, -0.05) is 41.9 Å². The molecule has 0 atom stereocenters. The normalized spacial score (nSPS) is 10.7. The van der Waals surface area contributed by atoms with Gasteiger partial charge in [0, 0.05) is 11.0 Å². The Morgan fingerprint density at radius 3 is 2.68 bits per heavy atom. The number of benzene rings is 2. The van der Waals surface area contributed by atoms with Crippen LogP contribution in [0.5, 0.6) is 0 Å². The second kappa shape index (κ2) is 7.09. The number of halogens is 2. The minimum atomic E-state index is 0.753. The molecule has 0 aliphatic rings. The molecule has 2 rings (SSSR count). The molecule has 0 fully saturated rings. The highest BCUT2D eigenvalue weighted by molar-refractivity contribution is 9.10. The summed E-state index contributed by atoms with van der Waals surface area (Å²) in [6.07, 6.45) is 1.06. The number of hydrogen-bond acceptors (Lipinski definition) is 1. The molecule has 0 saturated heterocycles. The van der Waals surface area contributed by atoms with Crippen molar-refractivity contribution in [3.8, 4) is 0 Å². The first-order valence-electron chi connectivity index (χ1n) is 6.36. The molecule has 0 heterocycles. The first-order chi connectivity index (χ1) is 9.16. The second-order valence-electron chi connectivity index (χ2n) is 4.60. The van der Waals surface area contributed by atoms with Crippen molar-refractivity contribution in [3.05, 3.63) is 68.7 Å². The Labute approximate surface area is 128 Å². The molecule has 100 valence electrons. The van der Waals surface area contributed by atoms with E-state index in [1.165, 1.54) is 16.7 Å². The zero-order valence-electron chi connectivity index (χ0n) is 10.9. The Balaban J connectivity index is 1.81. The summed E-state index contributed by atoms with van der Waals surface area (Å²) in [6.45, 7) is 4.00. The van der Waals surface area contributed by atoms with Gasteiger partial charge in [-0.05, 0) is 64.6 Å². The summed E-state index contributed by atoms with van der Waals surface area (Å²) < 4.78 is 0.951. The second-order valence-corrected chi connectivity index (χ2v) is 5.86. The van der Waals surface area contributed by atoms with E-state index in [2.05, 4.69) is 58.5 Å². The van der Waals surface area contributed by atoms with Crippen LogP contribution in [0.15, 0.2) is 46.9 Å². The van der Waals surface area contributed by atoms with Gasteiger partial charge in [-0.3, -0.25) is 0 Å². The van der Waals surface area contributed by atoms with Crippen LogP contribution in [0.4, 0.5) is 0 Å². The molecule has 3 heteroatoms. The molecule has 0 spiro atoms. The maximum absolute atomic E-state index is 5.97. The van der Waals surface area contributed by atoms with Crippen LogP contribution in [0.3, 0.4) is 0 Å². The van der Waals surface area contributed by atoms with Gasteiger partial charge in [0.1, 0.15) is 0 Å².